The van der Waals surface area contributed by atoms with Crippen LogP contribution in [-0.4, -0.2) is 80.9 Å². The molecule has 7 rings (SSSR count). The molecule has 308 valence electrons. The molecule has 0 radical (unpaired) electrons. The molecule has 15 heteroatoms. The van der Waals surface area contributed by atoms with Crippen molar-refractivity contribution in [3.8, 4) is 22.8 Å². The Morgan fingerprint density at radius 2 is 1.84 bits per heavy atom. The summed E-state index contributed by atoms with van der Waals surface area (Å²) in [6, 6.07) is 14.8. The Bertz CT molecular complexity index is 2240. The molecular weight excluding hydrogens is 778 g/mol. The number of carbonyl (C=O) groups is 3. The Balaban J connectivity index is 1.22. The Labute approximate surface area is 343 Å². The number of fused-ring (bicyclic) bond motifs is 1. The van der Waals surface area contributed by atoms with E-state index < -0.39 is 60.1 Å². The zero-order chi connectivity index (χ0) is 41.4. The molecule has 2 aliphatic carbocycles. The fraction of sp³-hybridized carbons (Fsp3) is 0.465. The number of carbonyl (C=O) groups excluding carboxylic acids is 3. The number of amides is 3. The summed E-state index contributed by atoms with van der Waals surface area (Å²) >= 11 is 1.38. The van der Waals surface area contributed by atoms with Crippen molar-refractivity contribution in [3.63, 3.8) is 0 Å². The van der Waals surface area contributed by atoms with E-state index >= 15 is 0 Å². The average molecular weight is 830 g/mol. The quantitative estimate of drug-likeness (QED) is 0.0902. The van der Waals surface area contributed by atoms with Gasteiger partial charge in [-0.15, -0.1) is 17.9 Å². The van der Waals surface area contributed by atoms with Crippen LogP contribution in [0.15, 0.2) is 72.6 Å². The van der Waals surface area contributed by atoms with Crippen molar-refractivity contribution in [2.45, 2.75) is 102 Å². The predicted molar refractivity (Wildman–Crippen MR) is 223 cm³/mol. The first-order valence-corrected chi connectivity index (χ1v) is 22.5. The van der Waals surface area contributed by atoms with Gasteiger partial charge in [0.1, 0.15) is 41.1 Å². The summed E-state index contributed by atoms with van der Waals surface area (Å²) < 4.78 is 32.2. The number of rotatable bonds is 13. The molecule has 1 saturated heterocycles. The molecule has 1 aliphatic heterocycles. The third kappa shape index (κ3) is 8.65. The van der Waals surface area contributed by atoms with Crippen LogP contribution in [0.2, 0.25) is 0 Å². The molecule has 2 saturated carbocycles. The summed E-state index contributed by atoms with van der Waals surface area (Å²) in [7, 11) is -2.52. The second kappa shape index (κ2) is 16.5. The normalized spacial score (nSPS) is 23.5. The van der Waals surface area contributed by atoms with Crippen LogP contribution in [0.3, 0.4) is 0 Å². The molecule has 0 spiro atoms. The minimum Gasteiger partial charge on any atom is -0.497 e. The number of ether oxygens (including phenoxy) is 3. The van der Waals surface area contributed by atoms with Gasteiger partial charge in [0.15, 0.2) is 0 Å². The lowest BCUT2D eigenvalue weighted by Gasteiger charge is -2.36. The van der Waals surface area contributed by atoms with E-state index in [1.54, 1.807) is 18.6 Å². The second-order valence-electron chi connectivity index (χ2n) is 16.7. The van der Waals surface area contributed by atoms with Gasteiger partial charge in [0.05, 0.1) is 41.7 Å². The largest absolute Gasteiger partial charge is 0.497 e. The first-order valence-electron chi connectivity index (χ1n) is 19.8. The standard InChI is InChI=1S/C43H52N5O8PS/c1-7-28-22-43(28,57(52,53)24-29-25-58-26(2)44-29)47-39(49)36-20-32(23-48(36)40(50)38(42(3,4)5)46-41(51)56-30-15-11-12-16-30)55-37-21-34(27-13-9-8-10-14-27)45-35-19-31(54-6)17-18-33(35)37/h7-10,13-14,17-19,21,25,28,30,32,36,38H,1,11-12,15-16,20,22-24H2,2-6H3,(H,46,51)(H,47,49)(H,52,53)/t28-,32-,36+,38-,43+/m1/s1. The summed E-state index contributed by atoms with van der Waals surface area (Å²) in [5.74, 6) is -0.430. The van der Waals surface area contributed by atoms with Crippen LogP contribution in [0.1, 0.15) is 70.0 Å². The molecule has 3 heterocycles. The van der Waals surface area contributed by atoms with Gasteiger partial charge in [-0.05, 0) is 56.6 Å². The van der Waals surface area contributed by atoms with E-state index in [1.807, 2.05) is 82.3 Å². The lowest BCUT2D eigenvalue weighted by atomic mass is 9.85. The number of likely N-dealkylation sites (tertiary alicyclic amines) is 1. The number of methoxy groups -OCH3 is 1. The molecule has 2 aromatic heterocycles. The maximum absolute atomic E-state index is 14.8. The summed E-state index contributed by atoms with van der Waals surface area (Å²) in [6.45, 7) is 11.2. The van der Waals surface area contributed by atoms with Crippen molar-refractivity contribution in [2.75, 3.05) is 13.7 Å². The van der Waals surface area contributed by atoms with Gasteiger partial charge in [-0.1, -0.05) is 57.2 Å². The highest BCUT2D eigenvalue weighted by atomic mass is 32.1. The van der Waals surface area contributed by atoms with E-state index in [-0.39, 0.29) is 31.7 Å². The highest BCUT2D eigenvalue weighted by Crippen LogP contribution is 2.70. The fourth-order valence-electron chi connectivity index (χ4n) is 8.16. The van der Waals surface area contributed by atoms with Crippen LogP contribution in [0.4, 0.5) is 4.79 Å². The molecule has 2 aromatic carbocycles. The Hall–Kier alpha value is -4.78. The highest BCUT2D eigenvalue weighted by Gasteiger charge is 2.66. The molecule has 6 atom stereocenters. The number of alkyl carbamates (subject to hydrolysis) is 1. The third-order valence-corrected chi connectivity index (χ3v) is 14.9. The smallest absolute Gasteiger partial charge is 0.408 e. The number of hydrogen-bond donors (Lipinski definition) is 3. The number of aromatic nitrogens is 2. The molecule has 13 nitrogen and oxygen atoms in total. The van der Waals surface area contributed by atoms with E-state index in [0.29, 0.717) is 33.8 Å². The van der Waals surface area contributed by atoms with Crippen LogP contribution in [-0.2, 0) is 25.1 Å². The lowest BCUT2D eigenvalue weighted by molar-refractivity contribution is -0.142. The minimum absolute atomic E-state index is 0.00370. The molecule has 3 fully saturated rings. The predicted octanol–water partition coefficient (Wildman–Crippen LogP) is 7.60. The van der Waals surface area contributed by atoms with Crippen LogP contribution < -0.4 is 20.1 Å². The van der Waals surface area contributed by atoms with Crippen molar-refractivity contribution in [1.82, 2.24) is 25.5 Å². The first kappa shape index (κ1) is 41.4. The third-order valence-electron chi connectivity index (χ3n) is 11.4. The summed E-state index contributed by atoms with van der Waals surface area (Å²) in [5.41, 5.74) is 1.86. The minimum atomic E-state index is -4.11. The van der Waals surface area contributed by atoms with Gasteiger partial charge in [-0.25, -0.2) is 14.8 Å². The van der Waals surface area contributed by atoms with Crippen LogP contribution >= 0.6 is 18.7 Å². The Morgan fingerprint density at radius 3 is 2.48 bits per heavy atom. The molecule has 58 heavy (non-hydrogen) atoms. The van der Waals surface area contributed by atoms with Crippen molar-refractivity contribution < 1.29 is 38.1 Å². The van der Waals surface area contributed by atoms with Crippen LogP contribution in [0, 0.1) is 18.3 Å². The van der Waals surface area contributed by atoms with E-state index in [1.165, 1.54) is 16.2 Å². The van der Waals surface area contributed by atoms with Gasteiger partial charge >= 0.3 is 6.09 Å². The van der Waals surface area contributed by atoms with Crippen molar-refractivity contribution in [3.05, 3.63) is 83.3 Å². The molecule has 3 aliphatic rings. The molecule has 4 aromatic rings. The Morgan fingerprint density at radius 1 is 1.10 bits per heavy atom. The summed E-state index contributed by atoms with van der Waals surface area (Å²) in [4.78, 5) is 65.1. The molecular formula is C43H52N5O8PS. The average Bonchev–Trinajstić information content (AvgIpc) is 3.53. The van der Waals surface area contributed by atoms with Gasteiger partial charge in [0.25, 0.3) is 0 Å². The maximum atomic E-state index is 14.8. The topological polar surface area (TPSA) is 169 Å². The number of aryl methyl sites for hydroxylation is 1. The molecule has 0 bridgehead atoms. The molecule has 1 unspecified atom stereocenters. The number of benzene rings is 2. The summed E-state index contributed by atoms with van der Waals surface area (Å²) in [6.07, 6.45) is 3.52. The number of pyridine rings is 1. The molecule has 3 amide bonds. The van der Waals surface area contributed by atoms with Crippen molar-refractivity contribution >= 4 is 47.5 Å². The number of nitrogens with zero attached hydrogens (tertiary/aromatic N) is 3. The fourth-order valence-corrected chi connectivity index (χ4v) is 11.2. The van der Waals surface area contributed by atoms with Gasteiger partial charge in [0.2, 0.25) is 19.2 Å². The van der Waals surface area contributed by atoms with E-state index in [2.05, 4.69) is 22.2 Å². The lowest BCUT2D eigenvalue weighted by Crippen LogP contribution is -2.58. The number of thiazole rings is 1. The monoisotopic (exact) mass is 829 g/mol. The van der Waals surface area contributed by atoms with Crippen LogP contribution in [0.25, 0.3) is 22.2 Å². The first-order chi connectivity index (χ1) is 27.6. The van der Waals surface area contributed by atoms with E-state index in [0.717, 1.165) is 36.3 Å². The zero-order valence-corrected chi connectivity index (χ0v) is 35.3. The van der Waals surface area contributed by atoms with Gasteiger partial charge < -0.3 is 34.6 Å². The van der Waals surface area contributed by atoms with Gasteiger partial charge in [0, 0.05) is 40.8 Å². The highest BCUT2D eigenvalue weighted by molar-refractivity contribution is 7.59. The van der Waals surface area contributed by atoms with Gasteiger partial charge in [-0.3, -0.25) is 14.2 Å². The number of nitrogens with one attached hydrogen (secondary N) is 2. The SMILES string of the molecule is C=C[C@@H]1C[C@]1(NC(=O)[C@@H]1C[C@@H](Oc2cc(-c3ccccc3)nc3cc(OC)ccc23)CN1C(=O)[C@@H](NC(=O)OC1CCCC1)C(C)(C)C)P(=O)(O)Cc1csc(C)n1. The van der Waals surface area contributed by atoms with Crippen molar-refractivity contribution in [1.29, 1.82) is 0 Å². The van der Waals surface area contributed by atoms with Gasteiger partial charge in [-0.2, -0.15) is 0 Å². The zero-order valence-electron chi connectivity index (χ0n) is 33.6. The van der Waals surface area contributed by atoms with Crippen LogP contribution in [0.5, 0.6) is 11.5 Å². The number of hydrogen-bond acceptors (Lipinski definition) is 10. The maximum Gasteiger partial charge on any atom is 0.408 e. The summed E-state index contributed by atoms with van der Waals surface area (Å²) in [5, 5.41) is 7.52. The Kier molecular flexibility index (Phi) is 11.7. The van der Waals surface area contributed by atoms with Crippen molar-refractivity contribution in [2.24, 2.45) is 11.3 Å². The van der Waals surface area contributed by atoms with E-state index in [9.17, 15) is 23.8 Å². The van der Waals surface area contributed by atoms with E-state index in [4.69, 9.17) is 19.2 Å². The second-order valence-corrected chi connectivity index (χ2v) is 20.2. The molecule has 3 N–H and O–H groups in total.